The first kappa shape index (κ1) is 19.5. The third-order valence-electron chi connectivity index (χ3n) is 4.80. The van der Waals surface area contributed by atoms with Gasteiger partial charge in [-0.25, -0.2) is 0 Å². The maximum absolute atomic E-state index is 12.4. The molecule has 5 heteroatoms. The predicted octanol–water partition coefficient (Wildman–Crippen LogP) is 4.69. The fourth-order valence-electron chi connectivity index (χ4n) is 3.39. The SMILES string of the molecule is COCCNC(=O)C[C@H](CCc1ccccc1)c1c[nH]c2ccc(Cl)cc12. The summed E-state index contributed by atoms with van der Waals surface area (Å²) in [6.07, 6.45) is 4.26. The van der Waals surface area contributed by atoms with Gasteiger partial charge in [-0.05, 0) is 48.1 Å². The monoisotopic (exact) mass is 384 g/mol. The fraction of sp³-hybridized carbons (Fsp3) is 0.318. The maximum Gasteiger partial charge on any atom is 0.220 e. The molecule has 0 aliphatic heterocycles. The minimum atomic E-state index is 0.0430. The average Bonchev–Trinajstić information content (AvgIpc) is 3.09. The van der Waals surface area contributed by atoms with Crippen LogP contribution in [0, 0.1) is 0 Å². The summed E-state index contributed by atoms with van der Waals surface area (Å²) >= 11 is 6.21. The van der Waals surface area contributed by atoms with Crippen LogP contribution in [-0.4, -0.2) is 31.2 Å². The van der Waals surface area contributed by atoms with Crippen molar-refractivity contribution < 1.29 is 9.53 Å². The number of amides is 1. The van der Waals surface area contributed by atoms with E-state index in [2.05, 4.69) is 22.4 Å². The molecule has 2 N–H and O–H groups in total. The zero-order chi connectivity index (χ0) is 19.1. The molecule has 27 heavy (non-hydrogen) atoms. The molecule has 3 rings (SSSR count). The smallest absolute Gasteiger partial charge is 0.220 e. The Labute approximate surface area is 164 Å². The lowest BCUT2D eigenvalue weighted by Crippen LogP contribution is -2.28. The number of carbonyl (C=O) groups excluding carboxylic acids is 1. The molecule has 2 aromatic carbocycles. The van der Waals surface area contributed by atoms with Crippen molar-refractivity contribution in [1.82, 2.24) is 10.3 Å². The number of rotatable bonds is 9. The van der Waals surface area contributed by atoms with E-state index in [0.29, 0.717) is 24.6 Å². The van der Waals surface area contributed by atoms with Gasteiger partial charge in [0.05, 0.1) is 6.61 Å². The molecule has 3 aromatic rings. The van der Waals surface area contributed by atoms with Gasteiger partial charge < -0.3 is 15.0 Å². The Bertz CT molecular complexity index is 876. The number of benzene rings is 2. The molecule has 0 spiro atoms. The van der Waals surface area contributed by atoms with Gasteiger partial charge in [0.25, 0.3) is 0 Å². The minimum absolute atomic E-state index is 0.0430. The first-order valence-electron chi connectivity index (χ1n) is 9.23. The van der Waals surface area contributed by atoms with Gasteiger partial charge in [0.1, 0.15) is 0 Å². The van der Waals surface area contributed by atoms with E-state index in [4.69, 9.17) is 16.3 Å². The summed E-state index contributed by atoms with van der Waals surface area (Å²) in [5.74, 6) is 0.154. The van der Waals surface area contributed by atoms with Crippen molar-refractivity contribution in [2.24, 2.45) is 0 Å². The molecule has 0 saturated heterocycles. The van der Waals surface area contributed by atoms with Crippen molar-refractivity contribution in [3.8, 4) is 0 Å². The van der Waals surface area contributed by atoms with Crippen LogP contribution in [0.3, 0.4) is 0 Å². The minimum Gasteiger partial charge on any atom is -0.383 e. The van der Waals surface area contributed by atoms with Crippen LogP contribution in [0.25, 0.3) is 10.9 Å². The highest BCUT2D eigenvalue weighted by molar-refractivity contribution is 6.31. The van der Waals surface area contributed by atoms with Crippen molar-refractivity contribution in [2.45, 2.75) is 25.2 Å². The number of methoxy groups -OCH3 is 1. The number of ether oxygens (including phenoxy) is 1. The van der Waals surface area contributed by atoms with Gasteiger partial charge in [0.15, 0.2) is 0 Å². The molecule has 142 valence electrons. The highest BCUT2D eigenvalue weighted by Crippen LogP contribution is 2.33. The third kappa shape index (κ3) is 5.34. The molecule has 0 radical (unpaired) electrons. The number of hydrogen-bond donors (Lipinski definition) is 2. The summed E-state index contributed by atoms with van der Waals surface area (Å²) in [5, 5.41) is 4.73. The number of aromatic amines is 1. The summed E-state index contributed by atoms with van der Waals surface area (Å²) in [4.78, 5) is 15.7. The van der Waals surface area contributed by atoms with Gasteiger partial charge in [-0.3, -0.25) is 4.79 Å². The highest BCUT2D eigenvalue weighted by Gasteiger charge is 2.19. The second-order valence-electron chi connectivity index (χ2n) is 6.70. The number of fused-ring (bicyclic) bond motifs is 1. The lowest BCUT2D eigenvalue weighted by atomic mass is 9.89. The Balaban J connectivity index is 1.79. The zero-order valence-corrected chi connectivity index (χ0v) is 16.3. The summed E-state index contributed by atoms with van der Waals surface area (Å²) in [7, 11) is 1.63. The van der Waals surface area contributed by atoms with Crippen LogP contribution in [0.1, 0.15) is 29.9 Å². The van der Waals surface area contributed by atoms with Crippen LogP contribution >= 0.6 is 11.6 Å². The lowest BCUT2D eigenvalue weighted by molar-refractivity contribution is -0.121. The lowest BCUT2D eigenvalue weighted by Gasteiger charge is -2.17. The van der Waals surface area contributed by atoms with Crippen LogP contribution in [0.4, 0.5) is 0 Å². The zero-order valence-electron chi connectivity index (χ0n) is 15.5. The largest absolute Gasteiger partial charge is 0.383 e. The molecule has 0 unspecified atom stereocenters. The normalized spacial score (nSPS) is 12.2. The highest BCUT2D eigenvalue weighted by atomic mass is 35.5. The molecule has 0 aliphatic rings. The van der Waals surface area contributed by atoms with Gasteiger partial charge in [-0.1, -0.05) is 41.9 Å². The van der Waals surface area contributed by atoms with Crippen LogP contribution in [0.15, 0.2) is 54.7 Å². The number of H-pyrrole nitrogens is 1. The summed E-state index contributed by atoms with van der Waals surface area (Å²) < 4.78 is 5.01. The fourth-order valence-corrected chi connectivity index (χ4v) is 3.57. The number of halogens is 1. The van der Waals surface area contributed by atoms with Gasteiger partial charge in [0, 0.05) is 42.2 Å². The second-order valence-corrected chi connectivity index (χ2v) is 7.14. The number of aromatic nitrogens is 1. The van der Waals surface area contributed by atoms with Gasteiger partial charge in [-0.15, -0.1) is 0 Å². The third-order valence-corrected chi connectivity index (χ3v) is 5.04. The van der Waals surface area contributed by atoms with Crippen molar-refractivity contribution in [3.63, 3.8) is 0 Å². The quantitative estimate of drug-likeness (QED) is 0.526. The molecular weight excluding hydrogens is 360 g/mol. The molecule has 0 fully saturated rings. The number of nitrogens with one attached hydrogen (secondary N) is 2. The van der Waals surface area contributed by atoms with E-state index < -0.39 is 0 Å². The average molecular weight is 385 g/mol. The van der Waals surface area contributed by atoms with Crippen LogP contribution in [-0.2, 0) is 16.0 Å². The molecule has 1 heterocycles. The van der Waals surface area contributed by atoms with E-state index in [9.17, 15) is 4.79 Å². The van der Waals surface area contributed by atoms with Crippen molar-refractivity contribution in [3.05, 3.63) is 70.9 Å². The van der Waals surface area contributed by atoms with Crippen molar-refractivity contribution in [1.29, 1.82) is 0 Å². The summed E-state index contributed by atoms with van der Waals surface area (Å²) in [5.41, 5.74) is 3.46. The molecule has 1 atom stereocenters. The molecule has 0 aliphatic carbocycles. The Kier molecular flexibility index (Phi) is 6.91. The molecule has 0 saturated carbocycles. The van der Waals surface area contributed by atoms with Gasteiger partial charge >= 0.3 is 0 Å². The summed E-state index contributed by atoms with van der Waals surface area (Å²) in [6.45, 7) is 1.05. The molecular formula is C22H25ClN2O2. The first-order valence-corrected chi connectivity index (χ1v) is 9.61. The van der Waals surface area contributed by atoms with Crippen LogP contribution in [0.5, 0.6) is 0 Å². The van der Waals surface area contributed by atoms with E-state index in [1.165, 1.54) is 5.56 Å². The Morgan fingerprint density at radius 2 is 2.04 bits per heavy atom. The topological polar surface area (TPSA) is 54.1 Å². The van der Waals surface area contributed by atoms with E-state index in [0.717, 1.165) is 29.3 Å². The summed E-state index contributed by atoms with van der Waals surface area (Å²) in [6, 6.07) is 16.2. The van der Waals surface area contributed by atoms with Crippen LogP contribution < -0.4 is 5.32 Å². The van der Waals surface area contributed by atoms with Crippen LogP contribution in [0.2, 0.25) is 5.02 Å². The van der Waals surface area contributed by atoms with E-state index >= 15 is 0 Å². The van der Waals surface area contributed by atoms with Gasteiger partial charge in [0.2, 0.25) is 5.91 Å². The maximum atomic E-state index is 12.4. The molecule has 1 aromatic heterocycles. The number of aryl methyl sites for hydroxylation is 1. The van der Waals surface area contributed by atoms with Gasteiger partial charge in [-0.2, -0.15) is 0 Å². The first-order chi connectivity index (χ1) is 13.2. The Morgan fingerprint density at radius 3 is 2.81 bits per heavy atom. The number of hydrogen-bond acceptors (Lipinski definition) is 2. The standard InChI is InChI=1S/C22H25ClN2O2/c1-27-12-11-24-22(26)13-17(8-7-16-5-3-2-4-6-16)20-15-25-21-10-9-18(23)14-19(20)21/h2-6,9-10,14-15,17,25H,7-8,11-13H2,1H3,(H,24,26)/t17-/m0/s1. The van der Waals surface area contributed by atoms with E-state index in [1.807, 2.05) is 42.6 Å². The predicted molar refractivity (Wildman–Crippen MR) is 110 cm³/mol. The van der Waals surface area contributed by atoms with Crippen molar-refractivity contribution >= 4 is 28.4 Å². The molecule has 0 bridgehead atoms. The number of carbonyl (C=O) groups is 1. The van der Waals surface area contributed by atoms with E-state index in [1.54, 1.807) is 7.11 Å². The molecule has 1 amide bonds. The van der Waals surface area contributed by atoms with Crippen molar-refractivity contribution in [2.75, 3.05) is 20.3 Å². The second kappa shape index (κ2) is 9.58. The molecule has 4 nitrogen and oxygen atoms in total. The Morgan fingerprint density at radius 1 is 1.22 bits per heavy atom. The Hall–Kier alpha value is -2.30. The van der Waals surface area contributed by atoms with E-state index in [-0.39, 0.29) is 11.8 Å².